The molecule has 1 saturated heterocycles. The second kappa shape index (κ2) is 13.6. The van der Waals surface area contributed by atoms with Crippen LogP contribution in [-0.4, -0.2) is 74.9 Å². The lowest BCUT2D eigenvalue weighted by Crippen LogP contribution is -2.47. The minimum atomic E-state index is -4.25. The van der Waals surface area contributed by atoms with Crippen LogP contribution >= 0.6 is 7.75 Å². The molecule has 0 unspecified atom stereocenters. The summed E-state index contributed by atoms with van der Waals surface area (Å²) >= 11 is 0. The molecule has 0 amide bonds. The summed E-state index contributed by atoms with van der Waals surface area (Å²) in [4.78, 5) is 16.9. The average Bonchev–Trinajstić information content (AvgIpc) is 3.53. The lowest BCUT2D eigenvalue weighted by molar-refractivity contribution is -0.146. The number of para-hydroxylation sites is 1. The molecule has 6 atom stereocenters. The standard InChI is InChI=1S/C28H40N5O8P/c1-5-20(6-2)14-38-27(36)19(4)32-42(37,41-21-10-8-7-9-11-21)39-15-23-25(34)26(35)28(16-29,40-23)24-13-12-22-18(3)30-17-31-33(22)24/h7-13,17,19-20,23,25-26,34-35H,5-6,14-16,29H2,1-4H3,(H,32,37)/t19-,23+,25+,26+,28-,42-/m0/s1. The number of carbonyl (C=O) groups excluding carboxylic acids is 1. The number of hydrogen-bond donors (Lipinski definition) is 4. The first-order valence-corrected chi connectivity index (χ1v) is 15.6. The molecule has 13 nitrogen and oxygen atoms in total. The maximum atomic E-state index is 14.0. The van der Waals surface area contributed by atoms with Gasteiger partial charge in [-0.2, -0.15) is 10.2 Å². The van der Waals surface area contributed by atoms with Gasteiger partial charge in [0.1, 0.15) is 36.4 Å². The van der Waals surface area contributed by atoms with Gasteiger partial charge >= 0.3 is 13.7 Å². The number of carbonyl (C=O) groups is 1. The summed E-state index contributed by atoms with van der Waals surface area (Å²) in [6.07, 6.45) is -1.01. The molecule has 0 radical (unpaired) electrons. The Balaban J connectivity index is 1.53. The smallest absolute Gasteiger partial charge is 0.459 e. The van der Waals surface area contributed by atoms with Crippen LogP contribution in [0.5, 0.6) is 5.75 Å². The van der Waals surface area contributed by atoms with Crippen molar-refractivity contribution >= 4 is 19.2 Å². The fraction of sp³-hybridized carbons (Fsp3) is 0.536. The van der Waals surface area contributed by atoms with E-state index in [0.717, 1.165) is 12.8 Å². The minimum absolute atomic E-state index is 0.202. The van der Waals surface area contributed by atoms with Gasteiger partial charge in [0.15, 0.2) is 5.60 Å². The first-order chi connectivity index (χ1) is 20.1. The monoisotopic (exact) mass is 605 g/mol. The van der Waals surface area contributed by atoms with Crippen LogP contribution in [0.15, 0.2) is 48.8 Å². The van der Waals surface area contributed by atoms with Crippen molar-refractivity contribution in [2.45, 2.75) is 70.5 Å². The Morgan fingerprint density at radius 3 is 2.60 bits per heavy atom. The molecule has 4 rings (SSSR count). The van der Waals surface area contributed by atoms with Crippen LogP contribution in [-0.2, 0) is 29.0 Å². The van der Waals surface area contributed by atoms with Crippen LogP contribution in [0.4, 0.5) is 0 Å². The fourth-order valence-corrected chi connectivity index (χ4v) is 6.41. The number of nitrogens with one attached hydrogen (secondary N) is 1. The predicted molar refractivity (Wildman–Crippen MR) is 154 cm³/mol. The van der Waals surface area contributed by atoms with Crippen molar-refractivity contribution < 1.29 is 38.1 Å². The van der Waals surface area contributed by atoms with Crippen LogP contribution in [0.2, 0.25) is 0 Å². The van der Waals surface area contributed by atoms with Gasteiger partial charge in [-0.15, -0.1) is 0 Å². The topological polar surface area (TPSA) is 180 Å². The highest BCUT2D eigenvalue weighted by atomic mass is 31.2. The molecule has 3 aromatic rings. The van der Waals surface area contributed by atoms with E-state index in [4.69, 9.17) is 24.3 Å². The van der Waals surface area contributed by atoms with Crippen molar-refractivity contribution in [1.82, 2.24) is 19.7 Å². The number of esters is 1. The molecule has 42 heavy (non-hydrogen) atoms. The molecular weight excluding hydrogens is 565 g/mol. The summed E-state index contributed by atoms with van der Waals surface area (Å²) in [7, 11) is -4.25. The number of hydrogen-bond acceptors (Lipinski definition) is 11. The second-order valence-electron chi connectivity index (χ2n) is 10.4. The van der Waals surface area contributed by atoms with Gasteiger partial charge in [0, 0.05) is 6.54 Å². The summed E-state index contributed by atoms with van der Waals surface area (Å²) in [5, 5.41) is 29.1. The van der Waals surface area contributed by atoms with Gasteiger partial charge in [-0.3, -0.25) is 9.32 Å². The Morgan fingerprint density at radius 2 is 1.93 bits per heavy atom. The van der Waals surface area contributed by atoms with Gasteiger partial charge in [-0.05, 0) is 44.0 Å². The Hall–Kier alpha value is -2.90. The van der Waals surface area contributed by atoms with Crippen LogP contribution in [0, 0.1) is 12.8 Å². The van der Waals surface area contributed by atoms with Gasteiger partial charge in [0.05, 0.1) is 30.1 Å². The number of aryl methyl sites for hydroxylation is 1. The van der Waals surface area contributed by atoms with E-state index in [9.17, 15) is 19.6 Å². The van der Waals surface area contributed by atoms with E-state index < -0.39 is 50.3 Å². The molecule has 3 heterocycles. The molecule has 1 aliphatic heterocycles. The lowest BCUT2D eigenvalue weighted by Gasteiger charge is -2.30. The Morgan fingerprint density at radius 1 is 1.21 bits per heavy atom. The molecule has 5 N–H and O–H groups in total. The molecule has 1 fully saturated rings. The largest absolute Gasteiger partial charge is 0.464 e. The lowest BCUT2D eigenvalue weighted by atomic mass is 9.91. The maximum absolute atomic E-state index is 14.0. The van der Waals surface area contributed by atoms with Crippen molar-refractivity contribution in [2.24, 2.45) is 11.7 Å². The van der Waals surface area contributed by atoms with E-state index >= 15 is 0 Å². The third kappa shape index (κ3) is 6.68. The number of aliphatic hydroxyl groups is 2. The van der Waals surface area contributed by atoms with Crippen molar-refractivity contribution in [2.75, 3.05) is 19.8 Å². The molecule has 0 saturated carbocycles. The molecule has 230 valence electrons. The van der Waals surface area contributed by atoms with E-state index in [2.05, 4.69) is 15.2 Å². The number of aliphatic hydroxyl groups excluding tert-OH is 2. The average molecular weight is 606 g/mol. The highest BCUT2D eigenvalue weighted by molar-refractivity contribution is 7.52. The first kappa shape index (κ1) is 32.0. The SMILES string of the molecule is CCC(CC)COC(=O)[C@H](C)N[P@](=O)(OC[C@H]1O[C@@](CN)(c2ccc3c(C)ncnn23)[C@H](O)[C@@H]1O)Oc1ccccc1. The molecule has 0 bridgehead atoms. The third-order valence-corrected chi connectivity index (χ3v) is 9.27. The fourth-order valence-electron chi connectivity index (χ4n) is 4.91. The molecule has 1 aliphatic rings. The Labute approximate surface area is 244 Å². The minimum Gasteiger partial charge on any atom is -0.464 e. The number of nitrogens with two attached hydrogens (primary N) is 1. The number of benzene rings is 1. The normalized spacial score (nSPS) is 24.5. The van der Waals surface area contributed by atoms with E-state index in [1.807, 2.05) is 20.8 Å². The van der Waals surface area contributed by atoms with Crippen LogP contribution in [0.1, 0.15) is 45.0 Å². The number of ether oxygens (including phenoxy) is 2. The number of nitrogens with zero attached hydrogens (tertiary/aromatic N) is 3. The molecule has 2 aromatic heterocycles. The van der Waals surface area contributed by atoms with Crippen molar-refractivity contribution in [3.63, 3.8) is 0 Å². The summed E-state index contributed by atoms with van der Waals surface area (Å²) in [6.45, 7) is 6.91. The van der Waals surface area contributed by atoms with Crippen LogP contribution < -0.4 is 15.3 Å². The quantitative estimate of drug-likeness (QED) is 0.156. The van der Waals surface area contributed by atoms with Gasteiger partial charge in [-0.25, -0.2) is 14.1 Å². The summed E-state index contributed by atoms with van der Waals surface area (Å²) < 4.78 is 38.5. The number of aromatic nitrogens is 3. The predicted octanol–water partition coefficient (Wildman–Crippen LogP) is 2.47. The van der Waals surface area contributed by atoms with E-state index in [1.54, 1.807) is 47.0 Å². The van der Waals surface area contributed by atoms with Crippen molar-refractivity contribution in [3.05, 3.63) is 60.2 Å². The van der Waals surface area contributed by atoms with Gasteiger partial charge in [0.2, 0.25) is 0 Å². The van der Waals surface area contributed by atoms with E-state index in [1.165, 1.54) is 13.3 Å². The van der Waals surface area contributed by atoms with Crippen LogP contribution in [0.3, 0.4) is 0 Å². The van der Waals surface area contributed by atoms with Crippen molar-refractivity contribution in [1.29, 1.82) is 0 Å². The number of fused-ring (bicyclic) bond motifs is 1. The highest BCUT2D eigenvalue weighted by Crippen LogP contribution is 2.47. The van der Waals surface area contributed by atoms with Crippen LogP contribution in [0.25, 0.3) is 5.52 Å². The maximum Gasteiger partial charge on any atom is 0.459 e. The van der Waals surface area contributed by atoms with E-state index in [0.29, 0.717) is 16.9 Å². The first-order valence-electron chi connectivity index (χ1n) is 14.0. The molecule has 1 aromatic carbocycles. The molecule has 14 heteroatoms. The van der Waals surface area contributed by atoms with Gasteiger partial charge in [-0.1, -0.05) is 44.9 Å². The molecular formula is C28H40N5O8P. The summed E-state index contributed by atoms with van der Waals surface area (Å²) in [5.74, 6) is -0.174. The summed E-state index contributed by atoms with van der Waals surface area (Å²) in [6, 6.07) is 10.7. The van der Waals surface area contributed by atoms with Gasteiger partial charge < -0.3 is 29.9 Å². The van der Waals surface area contributed by atoms with Crippen molar-refractivity contribution in [3.8, 4) is 5.75 Å². The Bertz CT molecular complexity index is 1390. The second-order valence-corrected chi connectivity index (χ2v) is 12.1. The number of rotatable bonds is 14. The zero-order valence-corrected chi connectivity index (χ0v) is 25.1. The Kier molecular flexibility index (Phi) is 10.4. The summed E-state index contributed by atoms with van der Waals surface area (Å²) in [5.41, 5.74) is 6.36. The molecule has 0 aliphatic carbocycles. The third-order valence-electron chi connectivity index (χ3n) is 7.62. The zero-order valence-electron chi connectivity index (χ0n) is 24.3. The van der Waals surface area contributed by atoms with E-state index in [-0.39, 0.29) is 24.8 Å². The highest BCUT2D eigenvalue weighted by Gasteiger charge is 2.56. The molecule has 0 spiro atoms. The zero-order chi connectivity index (χ0) is 30.5. The van der Waals surface area contributed by atoms with Gasteiger partial charge in [0.25, 0.3) is 0 Å².